The van der Waals surface area contributed by atoms with Crippen molar-refractivity contribution in [2.45, 2.75) is 13.0 Å². The van der Waals surface area contributed by atoms with Crippen molar-refractivity contribution in [3.05, 3.63) is 28.4 Å². The number of furan rings is 1. The van der Waals surface area contributed by atoms with Crippen molar-refractivity contribution in [2.24, 2.45) is 0 Å². The van der Waals surface area contributed by atoms with Crippen LogP contribution in [0.15, 0.2) is 21.9 Å². The summed E-state index contributed by atoms with van der Waals surface area (Å²) in [5.41, 5.74) is 0.650. The van der Waals surface area contributed by atoms with Crippen LogP contribution < -0.4 is 0 Å². The van der Waals surface area contributed by atoms with Crippen LogP contribution >= 0.6 is 22.9 Å². The molecule has 1 atom stereocenters. The number of aromatic nitrogens is 1. The van der Waals surface area contributed by atoms with E-state index in [1.165, 1.54) is 11.3 Å². The molecule has 0 saturated heterocycles. The maximum atomic E-state index is 9.28. The Morgan fingerprint density at radius 3 is 2.86 bits per heavy atom. The molecule has 2 aromatic rings. The van der Waals surface area contributed by atoms with Gasteiger partial charge in [-0.1, -0.05) is 0 Å². The molecule has 1 unspecified atom stereocenters. The summed E-state index contributed by atoms with van der Waals surface area (Å²) in [5, 5.41) is 12.1. The molecule has 0 saturated carbocycles. The van der Waals surface area contributed by atoms with Crippen LogP contribution in [0, 0.1) is 0 Å². The van der Waals surface area contributed by atoms with Crippen molar-refractivity contribution >= 4 is 22.9 Å². The first kappa shape index (κ1) is 9.71. The molecule has 74 valence electrons. The van der Waals surface area contributed by atoms with Gasteiger partial charge in [0.1, 0.15) is 0 Å². The zero-order valence-corrected chi connectivity index (χ0v) is 8.97. The lowest BCUT2D eigenvalue weighted by atomic mass is 10.3. The normalized spacial score (nSPS) is 13.1. The summed E-state index contributed by atoms with van der Waals surface area (Å²) in [4.78, 5) is 4.21. The molecule has 3 nitrogen and oxygen atoms in total. The van der Waals surface area contributed by atoms with Crippen LogP contribution in [0.5, 0.6) is 0 Å². The maximum absolute atomic E-state index is 9.28. The minimum atomic E-state index is -0.551. The second-order valence-corrected chi connectivity index (χ2v) is 4.09. The minimum Gasteiger partial charge on any atom is -0.442 e. The average molecular weight is 230 g/mol. The number of rotatable bonds is 2. The van der Waals surface area contributed by atoms with E-state index in [-0.39, 0.29) is 0 Å². The van der Waals surface area contributed by atoms with E-state index in [9.17, 15) is 5.11 Å². The highest BCUT2D eigenvalue weighted by Gasteiger charge is 2.11. The smallest absolute Gasteiger partial charge is 0.194 e. The predicted octanol–water partition coefficient (Wildman–Crippen LogP) is 3.11. The maximum Gasteiger partial charge on any atom is 0.194 e. The first-order chi connectivity index (χ1) is 6.66. The zero-order valence-electron chi connectivity index (χ0n) is 7.40. The fourth-order valence-electron chi connectivity index (χ4n) is 1.02. The molecule has 0 fully saturated rings. The summed E-state index contributed by atoms with van der Waals surface area (Å²) in [6.07, 6.45) is -0.551. The largest absolute Gasteiger partial charge is 0.442 e. The molecule has 2 aromatic heterocycles. The lowest BCUT2D eigenvalue weighted by Gasteiger charge is -1.95. The van der Waals surface area contributed by atoms with Gasteiger partial charge in [-0.3, -0.25) is 0 Å². The van der Waals surface area contributed by atoms with Gasteiger partial charge in [-0.15, -0.1) is 11.3 Å². The topological polar surface area (TPSA) is 46.3 Å². The van der Waals surface area contributed by atoms with Gasteiger partial charge in [0.15, 0.2) is 16.0 Å². The highest BCUT2D eigenvalue weighted by Crippen LogP contribution is 2.28. The number of halogens is 1. The molecule has 0 bridgehead atoms. The van der Waals surface area contributed by atoms with Crippen molar-refractivity contribution < 1.29 is 9.52 Å². The quantitative estimate of drug-likeness (QED) is 0.861. The third-order valence-corrected chi connectivity index (χ3v) is 2.81. The van der Waals surface area contributed by atoms with Gasteiger partial charge < -0.3 is 9.52 Å². The van der Waals surface area contributed by atoms with Gasteiger partial charge in [0.05, 0.1) is 11.8 Å². The first-order valence-corrected chi connectivity index (χ1v) is 5.32. The predicted molar refractivity (Wildman–Crippen MR) is 55.5 cm³/mol. The van der Waals surface area contributed by atoms with Crippen molar-refractivity contribution in [3.63, 3.8) is 0 Å². The van der Waals surface area contributed by atoms with E-state index in [2.05, 4.69) is 4.98 Å². The van der Waals surface area contributed by atoms with E-state index in [1.807, 2.05) is 0 Å². The molecule has 0 radical (unpaired) electrons. The van der Waals surface area contributed by atoms with Gasteiger partial charge >= 0.3 is 0 Å². The molecule has 2 heterocycles. The van der Waals surface area contributed by atoms with Gasteiger partial charge in [-0.25, -0.2) is 4.98 Å². The Kier molecular flexibility index (Phi) is 2.58. The van der Waals surface area contributed by atoms with Crippen molar-refractivity contribution in [1.82, 2.24) is 4.98 Å². The number of nitrogens with zero attached hydrogens (tertiary/aromatic N) is 1. The molecule has 5 heteroatoms. The number of aliphatic hydroxyl groups is 1. The third-order valence-electron chi connectivity index (χ3n) is 1.73. The Hall–Kier alpha value is -0.840. The highest BCUT2D eigenvalue weighted by atomic mass is 35.5. The second-order valence-electron chi connectivity index (χ2n) is 2.86. The summed E-state index contributed by atoms with van der Waals surface area (Å²) in [6.45, 7) is 1.67. The number of aliphatic hydroxyl groups excluding tert-OH is 1. The van der Waals surface area contributed by atoms with E-state index in [0.717, 1.165) is 5.01 Å². The van der Waals surface area contributed by atoms with E-state index >= 15 is 0 Å². The lowest BCUT2D eigenvalue weighted by Crippen LogP contribution is -1.89. The molecule has 0 aromatic carbocycles. The summed E-state index contributed by atoms with van der Waals surface area (Å²) in [6, 6.07) is 3.42. The van der Waals surface area contributed by atoms with Crippen molar-refractivity contribution in [3.8, 4) is 10.8 Å². The van der Waals surface area contributed by atoms with E-state index in [4.69, 9.17) is 16.0 Å². The Bertz CT molecular complexity index is 435. The Morgan fingerprint density at radius 2 is 2.36 bits per heavy atom. The van der Waals surface area contributed by atoms with E-state index in [1.54, 1.807) is 24.4 Å². The van der Waals surface area contributed by atoms with Crippen LogP contribution in [0.1, 0.15) is 18.7 Å². The van der Waals surface area contributed by atoms with Gasteiger partial charge in [0, 0.05) is 5.38 Å². The fraction of sp³-hybridized carbons (Fsp3) is 0.222. The molecule has 0 aliphatic heterocycles. The summed E-state index contributed by atoms with van der Waals surface area (Å²) in [5.74, 6) is 0.631. The van der Waals surface area contributed by atoms with Gasteiger partial charge in [-0.05, 0) is 30.7 Å². The Morgan fingerprint density at radius 1 is 1.57 bits per heavy atom. The summed E-state index contributed by atoms with van der Waals surface area (Å²) in [7, 11) is 0. The second kappa shape index (κ2) is 3.73. The SMILES string of the molecule is CC(O)c1csc(-c2ccc(Cl)o2)n1. The molecule has 0 spiro atoms. The van der Waals surface area contributed by atoms with Crippen LogP contribution in [0.2, 0.25) is 5.22 Å². The zero-order chi connectivity index (χ0) is 10.1. The summed E-state index contributed by atoms with van der Waals surface area (Å²) < 4.78 is 5.19. The van der Waals surface area contributed by atoms with Crippen LogP contribution in [-0.4, -0.2) is 10.1 Å². The van der Waals surface area contributed by atoms with Crippen LogP contribution in [-0.2, 0) is 0 Å². The standard InChI is InChI=1S/C9H8ClNO2S/c1-5(12)6-4-14-9(11-6)7-2-3-8(10)13-7/h2-5,12H,1H3. The molecule has 1 N–H and O–H groups in total. The Balaban J connectivity index is 2.33. The Labute approximate surface area is 90.0 Å². The van der Waals surface area contributed by atoms with Crippen LogP contribution in [0.25, 0.3) is 10.8 Å². The van der Waals surface area contributed by atoms with Gasteiger partial charge in [-0.2, -0.15) is 0 Å². The third kappa shape index (κ3) is 1.82. The van der Waals surface area contributed by atoms with E-state index < -0.39 is 6.10 Å². The minimum absolute atomic E-state index is 0.341. The highest BCUT2D eigenvalue weighted by molar-refractivity contribution is 7.13. The average Bonchev–Trinajstić information content (AvgIpc) is 2.70. The number of hydrogen-bond acceptors (Lipinski definition) is 4. The van der Waals surface area contributed by atoms with Crippen LogP contribution in [0.3, 0.4) is 0 Å². The lowest BCUT2D eigenvalue weighted by molar-refractivity contribution is 0.195. The molecular formula is C9H8ClNO2S. The van der Waals surface area contributed by atoms with Crippen molar-refractivity contribution in [2.75, 3.05) is 0 Å². The summed E-state index contributed by atoms with van der Waals surface area (Å²) >= 11 is 7.06. The monoisotopic (exact) mass is 229 g/mol. The van der Waals surface area contributed by atoms with Gasteiger partial charge in [0.25, 0.3) is 0 Å². The fourth-order valence-corrected chi connectivity index (χ4v) is 2.03. The van der Waals surface area contributed by atoms with Crippen molar-refractivity contribution in [1.29, 1.82) is 0 Å². The molecule has 0 aliphatic carbocycles. The molecule has 2 rings (SSSR count). The number of hydrogen-bond donors (Lipinski definition) is 1. The van der Waals surface area contributed by atoms with Gasteiger partial charge in [0.2, 0.25) is 0 Å². The number of thiazole rings is 1. The molecular weight excluding hydrogens is 222 g/mol. The molecule has 14 heavy (non-hydrogen) atoms. The first-order valence-electron chi connectivity index (χ1n) is 4.06. The van der Waals surface area contributed by atoms with Crippen LogP contribution in [0.4, 0.5) is 0 Å². The van der Waals surface area contributed by atoms with E-state index in [0.29, 0.717) is 16.7 Å². The molecule has 0 amide bonds. The molecule has 0 aliphatic rings.